The number of anilines is 1. The summed E-state index contributed by atoms with van der Waals surface area (Å²) in [5.41, 5.74) is 0.695. The lowest BCUT2D eigenvalue weighted by atomic mass is 10.2. The van der Waals surface area contributed by atoms with Gasteiger partial charge in [0.15, 0.2) is 0 Å². The number of alkyl halides is 3. The van der Waals surface area contributed by atoms with Crippen LogP contribution in [0.15, 0.2) is 41.4 Å². The van der Waals surface area contributed by atoms with E-state index < -0.39 is 21.8 Å². The van der Waals surface area contributed by atoms with Crippen molar-refractivity contribution in [3.8, 4) is 0 Å². The SMILES string of the molecule is CCCCn1c(CN2CCN(c3ccc(C(F)(F)F)cn3)CC2)nc2cc(S(N)(=O)=O)ccc21. The molecule has 1 saturated heterocycles. The van der Waals surface area contributed by atoms with E-state index in [1.54, 1.807) is 6.07 Å². The molecule has 184 valence electrons. The van der Waals surface area contributed by atoms with Gasteiger partial charge in [-0.05, 0) is 36.8 Å². The highest BCUT2D eigenvalue weighted by Crippen LogP contribution is 2.29. The topological polar surface area (TPSA) is 97.3 Å². The molecular formula is C22H27F3N6O2S. The molecule has 1 aliphatic rings. The van der Waals surface area contributed by atoms with Gasteiger partial charge in [-0.25, -0.2) is 23.5 Å². The predicted octanol–water partition coefficient (Wildman–Crippen LogP) is 3.22. The molecule has 0 radical (unpaired) electrons. The Morgan fingerprint density at radius 2 is 1.82 bits per heavy atom. The number of aryl methyl sites for hydroxylation is 1. The summed E-state index contributed by atoms with van der Waals surface area (Å²) in [6.45, 7) is 6.10. The van der Waals surface area contributed by atoms with Crippen LogP contribution in [0.4, 0.5) is 19.0 Å². The fourth-order valence-electron chi connectivity index (χ4n) is 4.10. The van der Waals surface area contributed by atoms with Crippen molar-refractivity contribution >= 4 is 26.9 Å². The highest BCUT2D eigenvalue weighted by Gasteiger charge is 2.31. The van der Waals surface area contributed by atoms with Crippen LogP contribution in [-0.4, -0.2) is 54.0 Å². The van der Waals surface area contributed by atoms with E-state index in [0.717, 1.165) is 43.0 Å². The van der Waals surface area contributed by atoms with E-state index in [-0.39, 0.29) is 4.90 Å². The minimum absolute atomic E-state index is 0.0318. The second kappa shape index (κ2) is 9.51. The Morgan fingerprint density at radius 1 is 1.09 bits per heavy atom. The zero-order valence-electron chi connectivity index (χ0n) is 18.8. The molecule has 0 amide bonds. The van der Waals surface area contributed by atoms with E-state index in [9.17, 15) is 21.6 Å². The summed E-state index contributed by atoms with van der Waals surface area (Å²) in [6, 6.07) is 7.22. The van der Waals surface area contributed by atoms with E-state index in [1.807, 2.05) is 4.90 Å². The Kier molecular flexibility index (Phi) is 6.83. The van der Waals surface area contributed by atoms with Crippen molar-refractivity contribution in [2.45, 2.75) is 43.9 Å². The van der Waals surface area contributed by atoms with E-state index in [1.165, 1.54) is 18.2 Å². The van der Waals surface area contributed by atoms with Gasteiger partial charge in [0, 0.05) is 38.9 Å². The number of imidazole rings is 1. The quantitative estimate of drug-likeness (QED) is 0.540. The summed E-state index contributed by atoms with van der Waals surface area (Å²) >= 11 is 0. The van der Waals surface area contributed by atoms with E-state index in [4.69, 9.17) is 10.1 Å². The molecule has 34 heavy (non-hydrogen) atoms. The minimum Gasteiger partial charge on any atom is -0.354 e. The fourth-order valence-corrected chi connectivity index (χ4v) is 4.63. The Bertz CT molecular complexity index is 1250. The summed E-state index contributed by atoms with van der Waals surface area (Å²) < 4.78 is 64.0. The van der Waals surface area contributed by atoms with Crippen molar-refractivity contribution in [2.75, 3.05) is 31.1 Å². The van der Waals surface area contributed by atoms with Gasteiger partial charge in [0.2, 0.25) is 10.0 Å². The number of benzene rings is 1. The summed E-state index contributed by atoms with van der Waals surface area (Å²) in [6.07, 6.45) is -1.56. The number of fused-ring (bicyclic) bond motifs is 1. The van der Waals surface area contributed by atoms with Crippen LogP contribution in [-0.2, 0) is 29.3 Å². The lowest BCUT2D eigenvalue weighted by molar-refractivity contribution is -0.137. The summed E-state index contributed by atoms with van der Waals surface area (Å²) in [4.78, 5) is 12.9. The van der Waals surface area contributed by atoms with Crippen LogP contribution in [0.25, 0.3) is 11.0 Å². The molecule has 3 heterocycles. The zero-order valence-corrected chi connectivity index (χ0v) is 19.6. The normalized spacial score (nSPS) is 15.9. The standard InChI is InChI=1S/C22H27F3N6O2S/c1-2-3-8-31-19-6-5-17(34(26,32)33)13-18(19)28-21(31)15-29-9-11-30(12-10-29)20-7-4-16(14-27-20)22(23,24)25/h4-7,13-14H,2-3,8-12,15H2,1H3,(H2,26,32,33). The van der Waals surface area contributed by atoms with Gasteiger partial charge < -0.3 is 9.47 Å². The number of nitrogens with two attached hydrogens (primary N) is 1. The van der Waals surface area contributed by atoms with Crippen LogP contribution in [0, 0.1) is 0 Å². The molecule has 3 aromatic rings. The molecule has 8 nitrogen and oxygen atoms in total. The van der Waals surface area contributed by atoms with Gasteiger partial charge in [-0.2, -0.15) is 13.2 Å². The first-order chi connectivity index (χ1) is 16.1. The van der Waals surface area contributed by atoms with E-state index in [2.05, 4.69) is 21.4 Å². The Labute approximate surface area is 196 Å². The minimum atomic E-state index is -4.40. The lowest BCUT2D eigenvalue weighted by Crippen LogP contribution is -2.46. The molecule has 0 atom stereocenters. The molecular weight excluding hydrogens is 469 g/mol. The van der Waals surface area contributed by atoms with Gasteiger partial charge in [0.05, 0.1) is 28.0 Å². The Hall–Kier alpha value is -2.70. The van der Waals surface area contributed by atoms with Crippen LogP contribution >= 0.6 is 0 Å². The number of primary sulfonamides is 1. The maximum atomic E-state index is 12.8. The molecule has 0 unspecified atom stereocenters. The van der Waals surface area contributed by atoms with Crippen LogP contribution < -0.4 is 10.0 Å². The van der Waals surface area contributed by atoms with E-state index in [0.29, 0.717) is 44.1 Å². The highest BCUT2D eigenvalue weighted by molar-refractivity contribution is 7.89. The smallest absolute Gasteiger partial charge is 0.354 e. The van der Waals surface area contributed by atoms with Crippen molar-refractivity contribution in [1.82, 2.24) is 19.4 Å². The van der Waals surface area contributed by atoms with Gasteiger partial charge in [0.1, 0.15) is 11.6 Å². The molecule has 0 saturated carbocycles. The van der Waals surface area contributed by atoms with Crippen LogP contribution in [0.1, 0.15) is 31.2 Å². The number of unbranched alkanes of at least 4 members (excludes halogenated alkanes) is 1. The average Bonchev–Trinajstić information content (AvgIpc) is 3.13. The third kappa shape index (κ3) is 5.34. The average molecular weight is 497 g/mol. The molecule has 1 aromatic carbocycles. The lowest BCUT2D eigenvalue weighted by Gasteiger charge is -2.35. The fraction of sp³-hybridized carbons (Fsp3) is 0.455. The number of hydrogen-bond donors (Lipinski definition) is 1. The van der Waals surface area contributed by atoms with Gasteiger partial charge in [0.25, 0.3) is 0 Å². The number of nitrogens with zero attached hydrogens (tertiary/aromatic N) is 5. The molecule has 0 aliphatic carbocycles. The predicted molar refractivity (Wildman–Crippen MR) is 123 cm³/mol. The third-order valence-electron chi connectivity index (χ3n) is 6.00. The molecule has 12 heteroatoms. The molecule has 0 spiro atoms. The first-order valence-electron chi connectivity index (χ1n) is 11.1. The zero-order chi connectivity index (χ0) is 24.5. The highest BCUT2D eigenvalue weighted by atomic mass is 32.2. The van der Waals surface area contributed by atoms with E-state index >= 15 is 0 Å². The second-order valence-corrected chi connectivity index (χ2v) is 9.96. The van der Waals surface area contributed by atoms with Gasteiger partial charge in [-0.3, -0.25) is 4.90 Å². The summed E-state index contributed by atoms with van der Waals surface area (Å²) in [7, 11) is -3.82. The molecule has 1 aliphatic heterocycles. The van der Waals surface area contributed by atoms with Crippen molar-refractivity contribution in [3.63, 3.8) is 0 Å². The number of hydrogen-bond acceptors (Lipinski definition) is 6. The maximum Gasteiger partial charge on any atom is 0.417 e. The summed E-state index contributed by atoms with van der Waals surface area (Å²) in [5, 5.41) is 5.28. The first-order valence-corrected chi connectivity index (χ1v) is 12.6. The maximum absolute atomic E-state index is 12.8. The van der Waals surface area contributed by atoms with Gasteiger partial charge in [-0.15, -0.1) is 0 Å². The molecule has 1 fully saturated rings. The first kappa shape index (κ1) is 24.4. The van der Waals surface area contributed by atoms with Gasteiger partial charge in [-0.1, -0.05) is 13.3 Å². The number of aromatic nitrogens is 3. The summed E-state index contributed by atoms with van der Waals surface area (Å²) in [5.74, 6) is 1.37. The van der Waals surface area contributed by atoms with Crippen molar-refractivity contribution in [1.29, 1.82) is 0 Å². The van der Waals surface area contributed by atoms with Crippen molar-refractivity contribution < 1.29 is 21.6 Å². The van der Waals surface area contributed by atoms with Crippen molar-refractivity contribution in [2.24, 2.45) is 5.14 Å². The molecule has 2 aromatic heterocycles. The third-order valence-corrected chi connectivity index (χ3v) is 6.91. The number of rotatable bonds is 7. The van der Waals surface area contributed by atoms with Crippen LogP contribution in [0.3, 0.4) is 0 Å². The van der Waals surface area contributed by atoms with Crippen LogP contribution in [0.2, 0.25) is 0 Å². The van der Waals surface area contributed by atoms with Gasteiger partial charge >= 0.3 is 6.18 Å². The Balaban J connectivity index is 1.48. The molecule has 0 bridgehead atoms. The van der Waals surface area contributed by atoms with Crippen LogP contribution in [0.5, 0.6) is 0 Å². The number of halogens is 3. The second-order valence-electron chi connectivity index (χ2n) is 8.39. The largest absolute Gasteiger partial charge is 0.417 e. The number of pyridine rings is 1. The monoisotopic (exact) mass is 496 g/mol. The number of sulfonamides is 1. The molecule has 4 rings (SSSR count). The van der Waals surface area contributed by atoms with Crippen molar-refractivity contribution in [3.05, 3.63) is 47.9 Å². The number of piperazine rings is 1. The molecule has 2 N–H and O–H groups in total. The Morgan fingerprint density at radius 3 is 2.41 bits per heavy atom.